The second-order valence-corrected chi connectivity index (χ2v) is 9.88. The maximum absolute atomic E-state index is 12.6. The van der Waals surface area contributed by atoms with Gasteiger partial charge in [-0.05, 0) is 44.5 Å². The molecule has 0 fully saturated rings. The first-order chi connectivity index (χ1) is 15.0. The molecule has 0 aliphatic carbocycles. The molecule has 0 atom stereocenters. The summed E-state index contributed by atoms with van der Waals surface area (Å²) in [6.45, 7) is 5.63. The highest BCUT2D eigenvalue weighted by Crippen LogP contribution is 2.27. The van der Waals surface area contributed by atoms with E-state index in [-0.39, 0.29) is 29.6 Å². The molecule has 2 aromatic carbocycles. The Hall–Kier alpha value is -3.46. The summed E-state index contributed by atoms with van der Waals surface area (Å²) in [7, 11) is -3.88. The molecular formula is C23H26N4O4S. The summed E-state index contributed by atoms with van der Waals surface area (Å²) in [4.78, 5) is 25.0. The van der Waals surface area contributed by atoms with Crippen LogP contribution in [0.2, 0.25) is 0 Å². The fourth-order valence-electron chi connectivity index (χ4n) is 3.10. The Balaban J connectivity index is 1.83. The molecule has 1 aliphatic rings. The van der Waals surface area contributed by atoms with Gasteiger partial charge in [-0.25, -0.2) is 0 Å². The Bertz CT molecular complexity index is 1170. The van der Waals surface area contributed by atoms with Crippen LogP contribution in [-0.4, -0.2) is 43.2 Å². The number of amidine groups is 1. The normalized spacial score (nSPS) is 14.5. The lowest BCUT2D eigenvalue weighted by Crippen LogP contribution is -2.48. The maximum Gasteiger partial charge on any atom is 0.285 e. The van der Waals surface area contributed by atoms with E-state index in [0.29, 0.717) is 5.56 Å². The Morgan fingerprint density at radius 2 is 1.69 bits per heavy atom. The van der Waals surface area contributed by atoms with Crippen LogP contribution in [-0.2, 0) is 19.6 Å². The molecule has 0 saturated carbocycles. The van der Waals surface area contributed by atoms with Crippen LogP contribution in [0.3, 0.4) is 0 Å². The van der Waals surface area contributed by atoms with Crippen LogP contribution in [0.15, 0.2) is 70.0 Å². The minimum atomic E-state index is -3.88. The van der Waals surface area contributed by atoms with E-state index in [1.165, 1.54) is 17.2 Å². The summed E-state index contributed by atoms with van der Waals surface area (Å²) in [6.07, 6.45) is 3.01. The third-order valence-corrected chi connectivity index (χ3v) is 5.74. The first-order valence-electron chi connectivity index (χ1n) is 10.1. The fourth-order valence-corrected chi connectivity index (χ4v) is 4.31. The average molecular weight is 455 g/mol. The molecule has 0 aromatic heterocycles. The molecule has 32 heavy (non-hydrogen) atoms. The molecule has 3 rings (SSSR count). The van der Waals surface area contributed by atoms with E-state index >= 15 is 0 Å². The molecule has 8 nitrogen and oxygen atoms in total. The van der Waals surface area contributed by atoms with E-state index in [2.05, 4.69) is 15.1 Å². The Kier molecular flexibility index (Phi) is 6.78. The number of sulfonamides is 1. The zero-order valence-corrected chi connectivity index (χ0v) is 19.0. The maximum atomic E-state index is 12.6. The third-order valence-electron chi connectivity index (χ3n) is 4.42. The summed E-state index contributed by atoms with van der Waals surface area (Å²) >= 11 is 0. The highest BCUT2D eigenvalue weighted by atomic mass is 32.2. The lowest BCUT2D eigenvalue weighted by molar-refractivity contribution is -0.124. The van der Waals surface area contributed by atoms with Gasteiger partial charge in [0.25, 0.3) is 15.9 Å². The van der Waals surface area contributed by atoms with Gasteiger partial charge in [-0.2, -0.15) is 8.42 Å². The third kappa shape index (κ3) is 6.04. The van der Waals surface area contributed by atoms with Gasteiger partial charge in [0, 0.05) is 30.1 Å². The largest absolute Gasteiger partial charge is 0.351 e. The van der Waals surface area contributed by atoms with Crippen LogP contribution in [0.1, 0.15) is 38.3 Å². The number of hydrogen-bond donors (Lipinski definition) is 2. The number of hydrazine groups is 1. The zero-order valence-electron chi connectivity index (χ0n) is 18.2. The highest BCUT2D eigenvalue weighted by Gasteiger charge is 2.32. The van der Waals surface area contributed by atoms with E-state index in [1.807, 2.05) is 51.1 Å². The number of fused-ring (bicyclic) bond motifs is 1. The molecule has 2 N–H and O–H groups in total. The summed E-state index contributed by atoms with van der Waals surface area (Å²) in [5, 5.41) is 4.16. The summed E-state index contributed by atoms with van der Waals surface area (Å²) in [5.41, 5.74) is 3.46. The molecule has 2 amide bonds. The number of nitrogens with zero attached hydrogens (tertiary/aromatic N) is 2. The lowest BCUT2D eigenvalue weighted by Gasteiger charge is -2.26. The molecule has 1 aliphatic heterocycles. The minimum Gasteiger partial charge on any atom is -0.351 e. The Morgan fingerprint density at radius 1 is 1.03 bits per heavy atom. The van der Waals surface area contributed by atoms with E-state index in [0.717, 1.165) is 5.56 Å². The smallest absolute Gasteiger partial charge is 0.285 e. The molecule has 168 valence electrons. The van der Waals surface area contributed by atoms with Gasteiger partial charge in [0.1, 0.15) is 4.90 Å². The van der Waals surface area contributed by atoms with Gasteiger partial charge in [0.05, 0.1) is 0 Å². The molecule has 0 bridgehead atoms. The second-order valence-electron chi connectivity index (χ2n) is 8.31. The summed E-state index contributed by atoms with van der Waals surface area (Å²) in [5.74, 6) is -0.633. The van der Waals surface area contributed by atoms with Crippen LogP contribution in [0.25, 0.3) is 6.08 Å². The predicted molar refractivity (Wildman–Crippen MR) is 123 cm³/mol. The van der Waals surface area contributed by atoms with Crippen molar-refractivity contribution in [3.05, 3.63) is 71.8 Å². The van der Waals surface area contributed by atoms with Crippen molar-refractivity contribution in [1.82, 2.24) is 15.8 Å². The second kappa shape index (κ2) is 9.35. The average Bonchev–Trinajstić information content (AvgIpc) is 3.00. The first kappa shape index (κ1) is 23.2. The number of carbonyl (C=O) groups excluding carboxylic acids is 2. The van der Waals surface area contributed by atoms with Gasteiger partial charge in [0.15, 0.2) is 5.84 Å². The topological polar surface area (TPSA) is 108 Å². The van der Waals surface area contributed by atoms with Crippen molar-refractivity contribution in [2.75, 3.05) is 6.54 Å². The minimum absolute atomic E-state index is 0.0290. The Morgan fingerprint density at radius 3 is 2.38 bits per heavy atom. The number of nitrogens with one attached hydrogen (secondary N) is 2. The van der Waals surface area contributed by atoms with E-state index < -0.39 is 21.5 Å². The van der Waals surface area contributed by atoms with Crippen molar-refractivity contribution in [3.63, 3.8) is 0 Å². The van der Waals surface area contributed by atoms with Gasteiger partial charge in [-0.15, -0.1) is 4.40 Å². The van der Waals surface area contributed by atoms with Crippen LogP contribution in [0.4, 0.5) is 0 Å². The molecule has 0 spiro atoms. The molecule has 0 saturated heterocycles. The molecule has 1 heterocycles. The SMILES string of the molecule is CC(C)(C)NC(=O)CCN(NC(=O)/C=C/c1ccccc1)C1=NS(=O)(=O)c2ccccc21. The molecule has 0 unspecified atom stereocenters. The van der Waals surface area contributed by atoms with Gasteiger partial charge in [-0.3, -0.25) is 20.0 Å². The number of rotatable bonds is 5. The van der Waals surface area contributed by atoms with Crippen LogP contribution < -0.4 is 10.7 Å². The highest BCUT2D eigenvalue weighted by molar-refractivity contribution is 7.90. The van der Waals surface area contributed by atoms with Crippen molar-refractivity contribution < 1.29 is 18.0 Å². The standard InChI is InChI=1S/C23H26N4O4S/c1-23(2,3)24-20(28)15-16-27(25-21(29)14-13-17-9-5-4-6-10-17)22-18-11-7-8-12-19(18)32(30,31)26-22/h4-14H,15-16H2,1-3H3,(H,24,28)(H,25,29)/b14-13+. The van der Waals surface area contributed by atoms with Gasteiger partial charge in [-0.1, -0.05) is 42.5 Å². The molecule has 9 heteroatoms. The summed E-state index contributed by atoms with van der Waals surface area (Å²) < 4.78 is 28.8. The number of carbonyl (C=O) groups is 2. The van der Waals surface area contributed by atoms with E-state index in [9.17, 15) is 18.0 Å². The number of hydrogen-bond acceptors (Lipinski definition) is 5. The fraction of sp³-hybridized carbons (Fsp3) is 0.261. The van der Waals surface area contributed by atoms with Gasteiger partial charge < -0.3 is 5.32 Å². The van der Waals surface area contributed by atoms with Gasteiger partial charge in [0.2, 0.25) is 5.91 Å². The molecule has 2 aromatic rings. The zero-order chi connectivity index (χ0) is 23.4. The van der Waals surface area contributed by atoms with Crippen molar-refractivity contribution in [2.24, 2.45) is 4.40 Å². The molecule has 0 radical (unpaired) electrons. The number of amides is 2. The predicted octanol–water partition coefficient (Wildman–Crippen LogP) is 2.49. The monoisotopic (exact) mass is 454 g/mol. The lowest BCUT2D eigenvalue weighted by atomic mass is 10.1. The first-order valence-corrected chi connectivity index (χ1v) is 11.6. The van der Waals surface area contributed by atoms with Gasteiger partial charge >= 0.3 is 0 Å². The van der Waals surface area contributed by atoms with Crippen LogP contribution >= 0.6 is 0 Å². The number of benzene rings is 2. The molecular weight excluding hydrogens is 428 g/mol. The van der Waals surface area contributed by atoms with Crippen molar-refractivity contribution in [3.8, 4) is 0 Å². The summed E-state index contributed by atoms with van der Waals surface area (Å²) in [6, 6.07) is 15.7. The van der Waals surface area contributed by atoms with E-state index in [1.54, 1.807) is 24.3 Å². The Labute approximate surface area is 188 Å². The van der Waals surface area contributed by atoms with E-state index in [4.69, 9.17) is 0 Å². The van der Waals surface area contributed by atoms with Crippen molar-refractivity contribution >= 4 is 33.7 Å². The van der Waals surface area contributed by atoms with Crippen molar-refractivity contribution in [2.45, 2.75) is 37.6 Å². The van der Waals surface area contributed by atoms with Crippen LogP contribution in [0.5, 0.6) is 0 Å². The van der Waals surface area contributed by atoms with Crippen LogP contribution in [0, 0.1) is 0 Å². The van der Waals surface area contributed by atoms with Crippen molar-refractivity contribution in [1.29, 1.82) is 0 Å². The quantitative estimate of drug-likeness (QED) is 0.533.